The summed E-state index contributed by atoms with van der Waals surface area (Å²) < 4.78 is 4.72. The highest BCUT2D eigenvalue weighted by atomic mass is 16.5. The molecule has 0 aliphatic carbocycles. The summed E-state index contributed by atoms with van der Waals surface area (Å²) in [5.74, 6) is -0.440. The molecule has 0 radical (unpaired) electrons. The number of hydrogen-bond acceptors (Lipinski definition) is 5. The Kier molecular flexibility index (Phi) is 5.63. The van der Waals surface area contributed by atoms with E-state index in [1.807, 2.05) is 19.9 Å². The topological polar surface area (TPSA) is 75.8 Å². The van der Waals surface area contributed by atoms with Crippen LogP contribution in [0.3, 0.4) is 0 Å². The molecule has 1 aromatic carbocycles. The van der Waals surface area contributed by atoms with Crippen LogP contribution >= 0.6 is 0 Å². The maximum atomic E-state index is 11.6. The number of carbonyl (C=O) groups excluding carboxylic acids is 1. The first kappa shape index (κ1) is 15.3. The summed E-state index contributed by atoms with van der Waals surface area (Å²) in [5, 5.41) is 8.96. The fourth-order valence-corrected chi connectivity index (χ4v) is 1.99. The van der Waals surface area contributed by atoms with Crippen LogP contribution < -0.4 is 10.6 Å². The lowest BCUT2D eigenvalue weighted by molar-refractivity contribution is 0.0602. The zero-order valence-corrected chi connectivity index (χ0v) is 11.7. The Labute approximate surface area is 114 Å². The number of aliphatic hydroxyl groups is 1. The van der Waals surface area contributed by atoms with Gasteiger partial charge in [0.05, 0.1) is 24.0 Å². The van der Waals surface area contributed by atoms with Crippen molar-refractivity contribution >= 4 is 17.3 Å². The average Bonchev–Trinajstić information content (AvgIpc) is 2.39. The first-order valence-corrected chi connectivity index (χ1v) is 6.37. The van der Waals surface area contributed by atoms with E-state index in [2.05, 4.69) is 4.90 Å². The van der Waals surface area contributed by atoms with Crippen LogP contribution in [0.4, 0.5) is 11.4 Å². The second kappa shape index (κ2) is 6.99. The number of nitrogens with two attached hydrogens (primary N) is 1. The first-order chi connectivity index (χ1) is 9.02. The number of methoxy groups -OCH3 is 1. The van der Waals surface area contributed by atoms with Gasteiger partial charge >= 0.3 is 5.97 Å². The number of ether oxygens (including phenoxy) is 1. The van der Waals surface area contributed by atoms with Gasteiger partial charge in [0, 0.05) is 19.2 Å². The van der Waals surface area contributed by atoms with Crippen LogP contribution in [0, 0.1) is 0 Å². The van der Waals surface area contributed by atoms with Gasteiger partial charge in [-0.15, -0.1) is 0 Å². The number of rotatable bonds is 6. The Morgan fingerprint density at radius 2 is 2.16 bits per heavy atom. The molecule has 106 valence electrons. The van der Waals surface area contributed by atoms with Gasteiger partial charge in [0.1, 0.15) is 0 Å². The molecule has 0 amide bonds. The van der Waals surface area contributed by atoms with E-state index in [9.17, 15) is 4.79 Å². The number of para-hydroxylation sites is 1. The van der Waals surface area contributed by atoms with Gasteiger partial charge in [-0.05, 0) is 32.4 Å². The van der Waals surface area contributed by atoms with E-state index in [4.69, 9.17) is 15.6 Å². The number of hydrogen-bond donors (Lipinski definition) is 2. The van der Waals surface area contributed by atoms with Crippen molar-refractivity contribution in [2.24, 2.45) is 0 Å². The van der Waals surface area contributed by atoms with E-state index in [1.54, 1.807) is 12.1 Å². The fourth-order valence-electron chi connectivity index (χ4n) is 1.99. The quantitative estimate of drug-likeness (QED) is 0.605. The number of esters is 1. The van der Waals surface area contributed by atoms with Crippen LogP contribution in [0.2, 0.25) is 0 Å². The Morgan fingerprint density at radius 1 is 1.47 bits per heavy atom. The van der Waals surface area contributed by atoms with E-state index in [0.717, 1.165) is 5.69 Å². The molecule has 0 aliphatic heterocycles. The molecule has 5 nitrogen and oxygen atoms in total. The van der Waals surface area contributed by atoms with Gasteiger partial charge in [-0.3, -0.25) is 0 Å². The van der Waals surface area contributed by atoms with Crippen molar-refractivity contribution in [3.05, 3.63) is 23.8 Å². The van der Waals surface area contributed by atoms with Gasteiger partial charge in [0.25, 0.3) is 0 Å². The van der Waals surface area contributed by atoms with Crippen LogP contribution in [-0.2, 0) is 4.74 Å². The molecule has 0 atom stereocenters. The standard InChI is InChI=1S/C14H22N2O3/c1-10(2)16(8-5-9-17)12-7-4-6-11(13(12)15)14(18)19-3/h4,6-7,10,17H,5,8-9,15H2,1-3H3. The second-order valence-corrected chi connectivity index (χ2v) is 4.59. The van der Waals surface area contributed by atoms with E-state index in [-0.39, 0.29) is 12.6 Å². The smallest absolute Gasteiger partial charge is 0.340 e. The molecule has 0 bridgehead atoms. The van der Waals surface area contributed by atoms with Crippen LogP contribution in [-0.4, -0.2) is 37.4 Å². The highest BCUT2D eigenvalue weighted by Crippen LogP contribution is 2.28. The van der Waals surface area contributed by atoms with Crippen molar-refractivity contribution in [2.45, 2.75) is 26.3 Å². The van der Waals surface area contributed by atoms with Gasteiger partial charge in [-0.25, -0.2) is 4.79 Å². The Morgan fingerprint density at radius 3 is 2.68 bits per heavy atom. The third kappa shape index (κ3) is 3.61. The number of nitrogens with zero attached hydrogens (tertiary/aromatic N) is 1. The van der Waals surface area contributed by atoms with Crippen molar-refractivity contribution < 1.29 is 14.6 Å². The molecule has 0 fully saturated rings. The SMILES string of the molecule is COC(=O)c1cccc(N(CCCO)C(C)C)c1N. The van der Waals surface area contributed by atoms with E-state index >= 15 is 0 Å². The maximum absolute atomic E-state index is 11.6. The zero-order valence-electron chi connectivity index (χ0n) is 11.7. The largest absolute Gasteiger partial charge is 0.465 e. The molecule has 0 aromatic heterocycles. The summed E-state index contributed by atoms with van der Waals surface area (Å²) >= 11 is 0. The maximum Gasteiger partial charge on any atom is 0.340 e. The lowest BCUT2D eigenvalue weighted by Crippen LogP contribution is -2.33. The summed E-state index contributed by atoms with van der Waals surface area (Å²) in [4.78, 5) is 13.7. The van der Waals surface area contributed by atoms with Crippen LogP contribution in [0.25, 0.3) is 0 Å². The molecule has 0 heterocycles. The zero-order chi connectivity index (χ0) is 14.4. The third-order valence-electron chi connectivity index (χ3n) is 2.98. The molecule has 5 heteroatoms. The van der Waals surface area contributed by atoms with Crippen molar-refractivity contribution in [2.75, 3.05) is 30.9 Å². The van der Waals surface area contributed by atoms with E-state index < -0.39 is 5.97 Å². The number of aliphatic hydroxyl groups excluding tert-OH is 1. The van der Waals surface area contributed by atoms with Crippen molar-refractivity contribution in [1.29, 1.82) is 0 Å². The lowest BCUT2D eigenvalue weighted by atomic mass is 10.1. The predicted octanol–water partition coefficient (Wildman–Crippen LogP) is 1.65. The van der Waals surface area contributed by atoms with Crippen molar-refractivity contribution in [1.82, 2.24) is 0 Å². The molecule has 0 unspecified atom stereocenters. The molecule has 0 saturated heterocycles. The molecular weight excluding hydrogens is 244 g/mol. The molecular formula is C14H22N2O3. The lowest BCUT2D eigenvalue weighted by Gasteiger charge is -2.30. The minimum atomic E-state index is -0.440. The van der Waals surface area contributed by atoms with Gasteiger partial charge in [-0.1, -0.05) is 6.07 Å². The highest BCUT2D eigenvalue weighted by Gasteiger charge is 2.18. The normalized spacial score (nSPS) is 10.6. The molecule has 0 spiro atoms. The molecule has 0 saturated carbocycles. The predicted molar refractivity (Wildman–Crippen MR) is 76.4 cm³/mol. The van der Waals surface area contributed by atoms with E-state index in [1.165, 1.54) is 7.11 Å². The van der Waals surface area contributed by atoms with Gasteiger partial charge < -0.3 is 20.5 Å². The Balaban J connectivity index is 3.13. The van der Waals surface area contributed by atoms with Crippen LogP contribution in [0.5, 0.6) is 0 Å². The Hall–Kier alpha value is -1.75. The Bertz CT molecular complexity index is 433. The average molecular weight is 266 g/mol. The molecule has 1 rings (SSSR count). The summed E-state index contributed by atoms with van der Waals surface area (Å²) in [6.45, 7) is 4.89. The fraction of sp³-hybridized carbons (Fsp3) is 0.500. The second-order valence-electron chi connectivity index (χ2n) is 4.59. The van der Waals surface area contributed by atoms with Crippen LogP contribution in [0.15, 0.2) is 18.2 Å². The summed E-state index contributed by atoms with van der Waals surface area (Å²) in [6.07, 6.45) is 0.653. The van der Waals surface area contributed by atoms with Crippen molar-refractivity contribution in [3.63, 3.8) is 0 Å². The van der Waals surface area contributed by atoms with Gasteiger partial charge in [0.15, 0.2) is 0 Å². The number of anilines is 2. The van der Waals surface area contributed by atoms with Gasteiger partial charge in [0.2, 0.25) is 0 Å². The number of nitrogen functional groups attached to an aromatic ring is 1. The molecule has 1 aromatic rings. The minimum Gasteiger partial charge on any atom is -0.465 e. The number of carbonyl (C=O) groups is 1. The summed E-state index contributed by atoms with van der Waals surface area (Å²) in [6, 6.07) is 5.53. The third-order valence-corrected chi connectivity index (χ3v) is 2.98. The van der Waals surface area contributed by atoms with Crippen LogP contribution in [0.1, 0.15) is 30.6 Å². The minimum absolute atomic E-state index is 0.125. The van der Waals surface area contributed by atoms with Gasteiger partial charge in [-0.2, -0.15) is 0 Å². The monoisotopic (exact) mass is 266 g/mol. The number of benzene rings is 1. The highest BCUT2D eigenvalue weighted by molar-refractivity contribution is 5.98. The molecule has 3 N–H and O–H groups in total. The summed E-state index contributed by atoms with van der Waals surface area (Å²) in [7, 11) is 1.33. The van der Waals surface area contributed by atoms with E-state index in [0.29, 0.717) is 24.2 Å². The molecule has 0 aliphatic rings. The molecule has 19 heavy (non-hydrogen) atoms. The summed E-state index contributed by atoms with van der Waals surface area (Å²) in [5.41, 5.74) is 7.65. The van der Waals surface area contributed by atoms with Crippen molar-refractivity contribution in [3.8, 4) is 0 Å². The first-order valence-electron chi connectivity index (χ1n) is 6.37.